The highest BCUT2D eigenvalue weighted by atomic mass is 79.9. The van der Waals surface area contributed by atoms with Gasteiger partial charge in [-0.1, -0.05) is 24.3 Å². The Morgan fingerprint density at radius 3 is 2.55 bits per heavy atom. The Morgan fingerprint density at radius 2 is 1.86 bits per heavy atom. The molecule has 0 fully saturated rings. The quantitative estimate of drug-likeness (QED) is 0.821. The van der Waals surface area contributed by atoms with Gasteiger partial charge in [-0.25, -0.2) is 4.39 Å². The maximum Gasteiger partial charge on any atom is 0.313 e. The van der Waals surface area contributed by atoms with Gasteiger partial charge < -0.3 is 10.6 Å². The van der Waals surface area contributed by atoms with Crippen molar-refractivity contribution >= 4 is 33.4 Å². The predicted octanol–water partition coefficient (Wildman–Crippen LogP) is 3.15. The minimum atomic E-state index is -0.823. The number of hydrogen-bond acceptors (Lipinski definition) is 2. The summed E-state index contributed by atoms with van der Waals surface area (Å²) in [4.78, 5) is 23.6. The molecule has 0 heterocycles. The van der Waals surface area contributed by atoms with Crippen LogP contribution in [0.1, 0.15) is 11.1 Å². The van der Waals surface area contributed by atoms with E-state index in [1.807, 2.05) is 19.1 Å². The Labute approximate surface area is 135 Å². The molecule has 0 aliphatic heterocycles. The molecule has 22 heavy (non-hydrogen) atoms. The van der Waals surface area contributed by atoms with Crippen molar-refractivity contribution in [1.29, 1.82) is 0 Å². The summed E-state index contributed by atoms with van der Waals surface area (Å²) in [5.74, 6) is -2.05. The average Bonchev–Trinajstić information content (AvgIpc) is 2.49. The molecule has 0 unspecified atom stereocenters. The summed E-state index contributed by atoms with van der Waals surface area (Å²) in [6, 6.07) is 11.4. The van der Waals surface area contributed by atoms with Crippen LogP contribution in [0.15, 0.2) is 46.9 Å². The fourth-order valence-electron chi connectivity index (χ4n) is 1.80. The molecule has 2 rings (SSSR count). The predicted molar refractivity (Wildman–Crippen MR) is 85.8 cm³/mol. The highest BCUT2D eigenvalue weighted by molar-refractivity contribution is 9.10. The maximum atomic E-state index is 13.4. The molecule has 6 heteroatoms. The third-order valence-electron chi connectivity index (χ3n) is 2.98. The fourth-order valence-corrected chi connectivity index (χ4v) is 2.39. The van der Waals surface area contributed by atoms with Crippen molar-refractivity contribution in [3.63, 3.8) is 0 Å². The summed E-state index contributed by atoms with van der Waals surface area (Å²) in [6.07, 6.45) is 0. The van der Waals surface area contributed by atoms with Gasteiger partial charge >= 0.3 is 11.8 Å². The highest BCUT2D eigenvalue weighted by Crippen LogP contribution is 2.23. The van der Waals surface area contributed by atoms with Gasteiger partial charge in [-0.15, -0.1) is 0 Å². The van der Waals surface area contributed by atoms with Gasteiger partial charge in [-0.3, -0.25) is 9.59 Å². The molecule has 2 N–H and O–H groups in total. The fraction of sp³-hybridized carbons (Fsp3) is 0.125. The molecule has 0 atom stereocenters. The van der Waals surface area contributed by atoms with Crippen LogP contribution in [0.2, 0.25) is 0 Å². The Hall–Kier alpha value is -2.21. The van der Waals surface area contributed by atoms with Gasteiger partial charge in [-0.2, -0.15) is 0 Å². The second-order valence-corrected chi connectivity index (χ2v) is 5.57. The van der Waals surface area contributed by atoms with Crippen LogP contribution >= 0.6 is 15.9 Å². The Balaban J connectivity index is 1.95. The molecule has 0 radical (unpaired) electrons. The molecule has 0 saturated heterocycles. The van der Waals surface area contributed by atoms with Crippen molar-refractivity contribution in [3.8, 4) is 0 Å². The molecule has 0 aliphatic rings. The molecule has 0 spiro atoms. The van der Waals surface area contributed by atoms with Crippen molar-refractivity contribution in [2.24, 2.45) is 0 Å². The monoisotopic (exact) mass is 364 g/mol. The molecule has 114 valence electrons. The van der Waals surface area contributed by atoms with Crippen LogP contribution in [0, 0.1) is 12.7 Å². The van der Waals surface area contributed by atoms with Crippen molar-refractivity contribution in [1.82, 2.24) is 5.32 Å². The van der Waals surface area contributed by atoms with Crippen LogP contribution < -0.4 is 10.6 Å². The van der Waals surface area contributed by atoms with Gasteiger partial charge in [-0.05, 0) is 46.6 Å². The van der Waals surface area contributed by atoms with E-state index in [1.54, 1.807) is 24.3 Å². The molecule has 2 aromatic carbocycles. The topological polar surface area (TPSA) is 58.2 Å². The number of hydrogen-bond donors (Lipinski definition) is 2. The Morgan fingerprint density at radius 1 is 1.14 bits per heavy atom. The van der Waals surface area contributed by atoms with Crippen LogP contribution in [-0.2, 0) is 16.1 Å². The minimum Gasteiger partial charge on any atom is -0.344 e. The third-order valence-corrected chi connectivity index (χ3v) is 3.63. The number of benzene rings is 2. The van der Waals surface area contributed by atoms with Crippen LogP contribution in [0.3, 0.4) is 0 Å². The van der Waals surface area contributed by atoms with Gasteiger partial charge in [0, 0.05) is 16.6 Å². The molecule has 0 saturated carbocycles. The van der Waals surface area contributed by atoms with Gasteiger partial charge in [0.15, 0.2) is 0 Å². The molecule has 0 aromatic heterocycles. The molecule has 2 amide bonds. The van der Waals surface area contributed by atoms with E-state index in [1.165, 1.54) is 6.07 Å². The van der Waals surface area contributed by atoms with E-state index >= 15 is 0 Å². The third kappa shape index (κ3) is 4.14. The lowest BCUT2D eigenvalue weighted by atomic mass is 10.2. The first-order valence-electron chi connectivity index (χ1n) is 6.56. The summed E-state index contributed by atoms with van der Waals surface area (Å²) in [5.41, 5.74) is 1.84. The largest absolute Gasteiger partial charge is 0.344 e. The smallest absolute Gasteiger partial charge is 0.313 e. The summed E-state index contributed by atoms with van der Waals surface area (Å²) in [7, 11) is 0. The van der Waals surface area contributed by atoms with E-state index in [0.717, 1.165) is 5.56 Å². The SMILES string of the molecule is Cc1ccc(NC(=O)C(=O)NCc2ccccc2F)c(Br)c1. The Bertz CT molecular complexity index is 719. The van der Waals surface area contributed by atoms with Crippen LogP contribution in [0.25, 0.3) is 0 Å². The number of amides is 2. The molecular weight excluding hydrogens is 351 g/mol. The van der Waals surface area contributed by atoms with E-state index in [2.05, 4.69) is 26.6 Å². The van der Waals surface area contributed by atoms with Gasteiger partial charge in [0.1, 0.15) is 5.82 Å². The van der Waals surface area contributed by atoms with Gasteiger partial charge in [0.05, 0.1) is 5.69 Å². The average molecular weight is 365 g/mol. The van der Waals surface area contributed by atoms with E-state index in [4.69, 9.17) is 0 Å². The van der Waals surface area contributed by atoms with Gasteiger partial charge in [0.25, 0.3) is 0 Å². The van der Waals surface area contributed by atoms with Crippen molar-refractivity contribution in [3.05, 3.63) is 63.9 Å². The zero-order valence-corrected chi connectivity index (χ0v) is 13.4. The van der Waals surface area contributed by atoms with Crippen molar-refractivity contribution in [2.45, 2.75) is 13.5 Å². The van der Waals surface area contributed by atoms with E-state index < -0.39 is 17.6 Å². The highest BCUT2D eigenvalue weighted by Gasteiger charge is 2.15. The molecular formula is C16H14BrFN2O2. The first-order valence-corrected chi connectivity index (χ1v) is 7.35. The van der Waals surface area contributed by atoms with Crippen molar-refractivity contribution in [2.75, 3.05) is 5.32 Å². The Kier molecular flexibility index (Phi) is 5.27. The zero-order chi connectivity index (χ0) is 16.1. The number of halogens is 2. The first-order chi connectivity index (χ1) is 10.5. The lowest BCUT2D eigenvalue weighted by molar-refractivity contribution is -0.136. The normalized spacial score (nSPS) is 10.1. The molecule has 0 aliphatic carbocycles. The molecule has 4 nitrogen and oxygen atoms in total. The first kappa shape index (κ1) is 16.2. The summed E-state index contributed by atoms with van der Waals surface area (Å²) in [6.45, 7) is 1.87. The molecule has 2 aromatic rings. The number of anilines is 1. The standard InChI is InChI=1S/C16H14BrFN2O2/c1-10-6-7-14(12(17)8-10)20-16(22)15(21)19-9-11-4-2-3-5-13(11)18/h2-8H,9H2,1H3,(H,19,21)(H,20,22). The van der Waals surface area contributed by atoms with Crippen LogP contribution in [-0.4, -0.2) is 11.8 Å². The number of carbonyl (C=O) groups excluding carboxylic acids is 2. The van der Waals surface area contributed by atoms with Crippen LogP contribution in [0.4, 0.5) is 10.1 Å². The van der Waals surface area contributed by atoms with Gasteiger partial charge in [0.2, 0.25) is 0 Å². The summed E-state index contributed by atoms with van der Waals surface area (Å²) in [5, 5.41) is 4.88. The lowest BCUT2D eigenvalue weighted by Crippen LogP contribution is -2.35. The number of nitrogens with one attached hydrogen (secondary N) is 2. The van der Waals surface area contributed by atoms with Crippen LogP contribution in [0.5, 0.6) is 0 Å². The lowest BCUT2D eigenvalue weighted by Gasteiger charge is -2.09. The number of aryl methyl sites for hydroxylation is 1. The minimum absolute atomic E-state index is 0.0476. The van der Waals surface area contributed by atoms with Crippen molar-refractivity contribution < 1.29 is 14.0 Å². The second kappa shape index (κ2) is 7.17. The second-order valence-electron chi connectivity index (χ2n) is 4.71. The zero-order valence-electron chi connectivity index (χ0n) is 11.8. The number of carbonyl (C=O) groups is 2. The summed E-state index contributed by atoms with van der Waals surface area (Å²) < 4.78 is 14.1. The summed E-state index contributed by atoms with van der Waals surface area (Å²) >= 11 is 3.31. The number of rotatable bonds is 3. The molecule has 0 bridgehead atoms. The maximum absolute atomic E-state index is 13.4. The van der Waals surface area contributed by atoms with E-state index in [9.17, 15) is 14.0 Å². The van der Waals surface area contributed by atoms with E-state index in [0.29, 0.717) is 15.7 Å². The van der Waals surface area contributed by atoms with E-state index in [-0.39, 0.29) is 6.54 Å².